The standard InChI is InChI=1S/C20H18FN3O3/c1-20(26)11-24(12-20)19(25)17-10-27-18(23-17)8-16-6-5-14(9-22-16)13-3-2-4-15(21)7-13/h2-7,9-10,26H,8,11-12H2,1H3. The van der Waals surface area contributed by atoms with Crippen molar-refractivity contribution in [3.05, 3.63) is 72.0 Å². The van der Waals surface area contributed by atoms with Crippen molar-refractivity contribution < 1.29 is 18.7 Å². The molecule has 1 fully saturated rings. The summed E-state index contributed by atoms with van der Waals surface area (Å²) in [5.74, 6) is -0.167. The smallest absolute Gasteiger partial charge is 0.276 e. The van der Waals surface area contributed by atoms with E-state index in [2.05, 4.69) is 9.97 Å². The van der Waals surface area contributed by atoms with Gasteiger partial charge in [-0.25, -0.2) is 9.37 Å². The van der Waals surface area contributed by atoms with Crippen molar-refractivity contribution >= 4 is 5.91 Å². The van der Waals surface area contributed by atoms with Crippen molar-refractivity contribution in [2.24, 2.45) is 0 Å². The second-order valence-corrected chi connectivity index (χ2v) is 7.01. The molecule has 0 radical (unpaired) electrons. The van der Waals surface area contributed by atoms with Crippen LogP contribution in [-0.2, 0) is 6.42 Å². The predicted molar refractivity (Wildman–Crippen MR) is 95.5 cm³/mol. The van der Waals surface area contributed by atoms with Crippen molar-refractivity contribution in [1.29, 1.82) is 0 Å². The van der Waals surface area contributed by atoms with E-state index in [9.17, 15) is 14.3 Å². The molecule has 1 N–H and O–H groups in total. The zero-order chi connectivity index (χ0) is 19.0. The summed E-state index contributed by atoms with van der Waals surface area (Å²) in [5.41, 5.74) is 1.69. The summed E-state index contributed by atoms with van der Waals surface area (Å²) in [6.07, 6.45) is 3.33. The van der Waals surface area contributed by atoms with E-state index in [1.165, 1.54) is 23.3 Å². The van der Waals surface area contributed by atoms with Gasteiger partial charge in [-0.1, -0.05) is 18.2 Å². The van der Waals surface area contributed by atoms with Crippen molar-refractivity contribution in [2.75, 3.05) is 13.1 Å². The first-order chi connectivity index (χ1) is 12.9. The molecule has 4 rings (SSSR count). The molecule has 1 amide bonds. The summed E-state index contributed by atoms with van der Waals surface area (Å²) in [6.45, 7) is 2.26. The van der Waals surface area contributed by atoms with E-state index in [1.54, 1.807) is 19.2 Å². The molecule has 0 aliphatic carbocycles. The molecular weight excluding hydrogens is 349 g/mol. The molecule has 27 heavy (non-hydrogen) atoms. The molecule has 1 saturated heterocycles. The van der Waals surface area contributed by atoms with E-state index in [0.717, 1.165) is 16.8 Å². The van der Waals surface area contributed by atoms with Gasteiger partial charge in [0.2, 0.25) is 5.89 Å². The zero-order valence-corrected chi connectivity index (χ0v) is 14.7. The van der Waals surface area contributed by atoms with Crippen LogP contribution in [0.1, 0.15) is 29.0 Å². The second kappa shape index (κ2) is 6.59. The molecule has 3 aromatic rings. The fraction of sp³-hybridized carbons (Fsp3) is 0.250. The molecular formula is C20H18FN3O3. The molecule has 2 aromatic heterocycles. The van der Waals surface area contributed by atoms with Gasteiger partial charge in [-0.05, 0) is 30.7 Å². The van der Waals surface area contributed by atoms with Crippen LogP contribution in [0.3, 0.4) is 0 Å². The molecule has 1 aliphatic rings. The minimum absolute atomic E-state index is 0.219. The highest BCUT2D eigenvalue weighted by atomic mass is 19.1. The number of likely N-dealkylation sites (tertiary alicyclic amines) is 1. The summed E-state index contributed by atoms with van der Waals surface area (Å²) >= 11 is 0. The number of β-amino-alcohol motifs (C(OH)–C–C–N with tert-alkyl or cyclic N) is 1. The fourth-order valence-electron chi connectivity index (χ4n) is 3.09. The van der Waals surface area contributed by atoms with Crippen LogP contribution < -0.4 is 0 Å². The normalized spacial score (nSPS) is 15.4. The Morgan fingerprint density at radius 3 is 2.78 bits per heavy atom. The quantitative estimate of drug-likeness (QED) is 0.767. The molecule has 0 bridgehead atoms. The van der Waals surface area contributed by atoms with Crippen molar-refractivity contribution in [3.8, 4) is 11.1 Å². The molecule has 7 heteroatoms. The minimum Gasteiger partial charge on any atom is -0.448 e. The molecule has 1 aromatic carbocycles. The molecule has 6 nitrogen and oxygen atoms in total. The Balaban J connectivity index is 1.43. The summed E-state index contributed by atoms with van der Waals surface area (Å²) in [6, 6.07) is 10.00. The number of carbonyl (C=O) groups excluding carboxylic acids is 1. The van der Waals surface area contributed by atoms with Gasteiger partial charge in [-0.2, -0.15) is 0 Å². The van der Waals surface area contributed by atoms with Gasteiger partial charge in [0, 0.05) is 17.5 Å². The number of carbonyl (C=O) groups is 1. The monoisotopic (exact) mass is 367 g/mol. The molecule has 138 valence electrons. The number of rotatable bonds is 4. The van der Waals surface area contributed by atoms with Crippen LogP contribution in [0, 0.1) is 5.82 Å². The third-order valence-electron chi connectivity index (χ3n) is 4.44. The van der Waals surface area contributed by atoms with Crippen LogP contribution in [0.5, 0.6) is 0 Å². The maximum absolute atomic E-state index is 13.3. The topological polar surface area (TPSA) is 79.5 Å². The Kier molecular flexibility index (Phi) is 4.24. The molecule has 0 unspecified atom stereocenters. The lowest BCUT2D eigenvalue weighted by Gasteiger charge is -2.43. The van der Waals surface area contributed by atoms with Gasteiger partial charge in [-0.15, -0.1) is 0 Å². The number of hydrogen-bond donors (Lipinski definition) is 1. The number of benzene rings is 1. The van der Waals surface area contributed by atoms with Gasteiger partial charge >= 0.3 is 0 Å². The summed E-state index contributed by atoms with van der Waals surface area (Å²) in [5, 5.41) is 9.73. The van der Waals surface area contributed by atoms with Crippen LogP contribution in [0.2, 0.25) is 0 Å². The van der Waals surface area contributed by atoms with Crippen LogP contribution in [0.4, 0.5) is 4.39 Å². The Morgan fingerprint density at radius 2 is 2.11 bits per heavy atom. The molecule has 1 aliphatic heterocycles. The maximum atomic E-state index is 13.3. The van der Waals surface area contributed by atoms with Crippen LogP contribution in [0.15, 0.2) is 53.3 Å². The van der Waals surface area contributed by atoms with Gasteiger partial charge in [-0.3, -0.25) is 9.78 Å². The Bertz CT molecular complexity index is 974. The number of halogens is 1. The Morgan fingerprint density at radius 1 is 1.30 bits per heavy atom. The largest absolute Gasteiger partial charge is 0.448 e. The summed E-state index contributed by atoms with van der Waals surface area (Å²) < 4.78 is 18.7. The first-order valence-corrected chi connectivity index (χ1v) is 8.57. The third kappa shape index (κ3) is 3.73. The lowest BCUT2D eigenvalue weighted by atomic mass is 9.97. The van der Waals surface area contributed by atoms with Crippen molar-refractivity contribution in [3.63, 3.8) is 0 Å². The Hall–Kier alpha value is -3.06. The lowest BCUT2D eigenvalue weighted by Crippen LogP contribution is -2.61. The minimum atomic E-state index is -0.824. The molecule has 0 saturated carbocycles. The number of amides is 1. The summed E-state index contributed by atoms with van der Waals surface area (Å²) in [4.78, 5) is 22.4. The van der Waals surface area contributed by atoms with Gasteiger partial charge in [0.1, 0.15) is 12.1 Å². The van der Waals surface area contributed by atoms with Crippen LogP contribution in [0.25, 0.3) is 11.1 Å². The predicted octanol–water partition coefficient (Wildman–Crippen LogP) is 2.67. The molecule has 0 spiro atoms. The van der Waals surface area contributed by atoms with E-state index < -0.39 is 5.60 Å². The summed E-state index contributed by atoms with van der Waals surface area (Å²) in [7, 11) is 0. The number of aromatic nitrogens is 2. The SMILES string of the molecule is CC1(O)CN(C(=O)c2coc(Cc3ccc(-c4cccc(F)c4)cn3)n2)C1. The number of pyridine rings is 1. The highest BCUT2D eigenvalue weighted by Crippen LogP contribution is 2.23. The van der Waals surface area contributed by atoms with E-state index in [1.807, 2.05) is 18.2 Å². The maximum Gasteiger partial charge on any atom is 0.276 e. The lowest BCUT2D eigenvalue weighted by molar-refractivity contribution is -0.0670. The number of nitrogens with zero attached hydrogens (tertiary/aromatic N) is 3. The van der Waals surface area contributed by atoms with Crippen molar-refractivity contribution in [2.45, 2.75) is 18.9 Å². The van der Waals surface area contributed by atoms with E-state index in [4.69, 9.17) is 4.42 Å². The van der Waals surface area contributed by atoms with E-state index in [-0.39, 0.29) is 30.5 Å². The highest BCUT2D eigenvalue weighted by Gasteiger charge is 2.40. The number of oxazole rings is 1. The third-order valence-corrected chi connectivity index (χ3v) is 4.44. The second-order valence-electron chi connectivity index (χ2n) is 7.01. The van der Waals surface area contributed by atoms with Gasteiger partial charge in [0.05, 0.1) is 25.1 Å². The highest BCUT2D eigenvalue weighted by molar-refractivity contribution is 5.92. The van der Waals surface area contributed by atoms with Gasteiger partial charge in [0.25, 0.3) is 5.91 Å². The van der Waals surface area contributed by atoms with E-state index >= 15 is 0 Å². The van der Waals surface area contributed by atoms with Crippen LogP contribution in [-0.4, -0.2) is 44.6 Å². The number of hydrogen-bond acceptors (Lipinski definition) is 5. The zero-order valence-electron chi connectivity index (χ0n) is 14.7. The number of aliphatic hydroxyl groups is 1. The van der Waals surface area contributed by atoms with E-state index in [0.29, 0.717) is 12.3 Å². The van der Waals surface area contributed by atoms with Crippen LogP contribution >= 0.6 is 0 Å². The first-order valence-electron chi connectivity index (χ1n) is 8.57. The first kappa shape index (κ1) is 17.4. The molecule has 0 atom stereocenters. The fourth-order valence-corrected chi connectivity index (χ4v) is 3.09. The average Bonchev–Trinajstić information content (AvgIpc) is 3.08. The van der Waals surface area contributed by atoms with Crippen molar-refractivity contribution in [1.82, 2.24) is 14.9 Å². The van der Waals surface area contributed by atoms with Gasteiger partial charge < -0.3 is 14.4 Å². The molecule has 3 heterocycles. The van der Waals surface area contributed by atoms with Gasteiger partial charge in [0.15, 0.2) is 5.69 Å². The average molecular weight is 367 g/mol. The Labute approximate surface area is 155 Å².